The van der Waals surface area contributed by atoms with Crippen molar-refractivity contribution in [3.8, 4) is 5.75 Å². The number of H-pyrrole nitrogens is 1. The van der Waals surface area contributed by atoms with Crippen LogP contribution >= 0.6 is 0 Å². The van der Waals surface area contributed by atoms with Crippen LogP contribution in [0, 0.1) is 5.82 Å². The van der Waals surface area contributed by atoms with Gasteiger partial charge < -0.3 is 15.0 Å². The molecule has 0 aliphatic heterocycles. The molecular formula is C19H17FN2O3. The molecule has 0 fully saturated rings. The van der Waals surface area contributed by atoms with Gasteiger partial charge >= 0.3 is 0 Å². The van der Waals surface area contributed by atoms with E-state index in [1.54, 1.807) is 7.11 Å². The average Bonchev–Trinajstić information content (AvgIpc) is 3.04. The predicted molar refractivity (Wildman–Crippen MR) is 92.3 cm³/mol. The van der Waals surface area contributed by atoms with Crippen LogP contribution in [0.5, 0.6) is 5.75 Å². The predicted octanol–water partition coefficient (Wildman–Crippen LogP) is 2.86. The Balaban J connectivity index is 1.62. The fourth-order valence-electron chi connectivity index (χ4n) is 2.60. The van der Waals surface area contributed by atoms with Gasteiger partial charge in [-0.25, -0.2) is 4.39 Å². The highest BCUT2D eigenvalue weighted by atomic mass is 19.1. The molecular weight excluding hydrogens is 323 g/mol. The number of hydrogen-bond acceptors (Lipinski definition) is 3. The van der Waals surface area contributed by atoms with Gasteiger partial charge in [0.1, 0.15) is 11.6 Å². The molecule has 3 aromatic rings. The maximum absolute atomic E-state index is 13.4. The van der Waals surface area contributed by atoms with Gasteiger partial charge in [-0.3, -0.25) is 9.59 Å². The number of Topliss-reactive ketones (excluding diaryl/α,β-unsaturated/α-hetero) is 1. The standard InChI is InChI=1S/C19H17FN2O3/c1-25-14-5-2-12(3-6-14)8-9-21-19(24)18(23)16-11-22-17-7-4-13(20)10-15(16)17/h2-7,10-11,22H,8-9H2,1H3,(H,21,24). The number of amides is 1. The van der Waals surface area contributed by atoms with E-state index < -0.39 is 17.5 Å². The summed E-state index contributed by atoms with van der Waals surface area (Å²) < 4.78 is 18.5. The molecule has 0 saturated heterocycles. The molecule has 0 spiro atoms. The van der Waals surface area contributed by atoms with Crippen molar-refractivity contribution >= 4 is 22.6 Å². The molecule has 0 unspecified atom stereocenters. The number of nitrogens with one attached hydrogen (secondary N) is 2. The SMILES string of the molecule is COc1ccc(CCNC(=O)C(=O)c2c[nH]c3ccc(F)cc23)cc1. The molecule has 3 rings (SSSR count). The summed E-state index contributed by atoms with van der Waals surface area (Å²) >= 11 is 0. The largest absolute Gasteiger partial charge is 0.497 e. The Morgan fingerprint density at radius 1 is 1.16 bits per heavy atom. The number of halogens is 1. The second kappa shape index (κ2) is 7.17. The van der Waals surface area contributed by atoms with Crippen LogP contribution in [-0.2, 0) is 11.2 Å². The highest BCUT2D eigenvalue weighted by Gasteiger charge is 2.19. The third-order valence-corrected chi connectivity index (χ3v) is 3.95. The fourth-order valence-corrected chi connectivity index (χ4v) is 2.60. The van der Waals surface area contributed by atoms with Crippen LogP contribution in [0.2, 0.25) is 0 Å². The molecule has 0 atom stereocenters. The van der Waals surface area contributed by atoms with Crippen LogP contribution in [0.3, 0.4) is 0 Å². The number of fused-ring (bicyclic) bond motifs is 1. The van der Waals surface area contributed by atoms with Crippen LogP contribution in [-0.4, -0.2) is 30.3 Å². The van der Waals surface area contributed by atoms with E-state index >= 15 is 0 Å². The van der Waals surface area contributed by atoms with Gasteiger partial charge in [-0.2, -0.15) is 0 Å². The van der Waals surface area contributed by atoms with E-state index in [1.807, 2.05) is 24.3 Å². The maximum atomic E-state index is 13.4. The lowest BCUT2D eigenvalue weighted by Crippen LogP contribution is -2.32. The van der Waals surface area contributed by atoms with E-state index in [4.69, 9.17) is 4.74 Å². The lowest BCUT2D eigenvalue weighted by atomic mass is 10.1. The number of rotatable bonds is 6. The molecule has 0 bridgehead atoms. The first-order valence-electron chi connectivity index (χ1n) is 7.80. The van der Waals surface area contributed by atoms with Crippen molar-refractivity contribution in [2.75, 3.05) is 13.7 Å². The lowest BCUT2D eigenvalue weighted by molar-refractivity contribution is -0.116. The van der Waals surface area contributed by atoms with Gasteiger partial charge in [0.2, 0.25) is 0 Å². The van der Waals surface area contributed by atoms with Crippen molar-refractivity contribution in [3.63, 3.8) is 0 Å². The Kier molecular flexibility index (Phi) is 4.79. The zero-order chi connectivity index (χ0) is 17.8. The van der Waals surface area contributed by atoms with Crippen LogP contribution in [0.25, 0.3) is 10.9 Å². The quantitative estimate of drug-likeness (QED) is 0.535. The summed E-state index contributed by atoms with van der Waals surface area (Å²) in [6.07, 6.45) is 2.01. The first kappa shape index (κ1) is 16.7. The van der Waals surface area contributed by atoms with Crippen molar-refractivity contribution < 1.29 is 18.7 Å². The molecule has 2 N–H and O–H groups in total. The summed E-state index contributed by atoms with van der Waals surface area (Å²) in [6.45, 7) is 0.327. The molecule has 128 valence electrons. The van der Waals surface area contributed by atoms with Gasteiger partial charge in [-0.1, -0.05) is 12.1 Å². The number of hydrogen-bond donors (Lipinski definition) is 2. The molecule has 1 amide bonds. The van der Waals surface area contributed by atoms with E-state index in [1.165, 1.54) is 24.4 Å². The van der Waals surface area contributed by atoms with Crippen LogP contribution < -0.4 is 10.1 Å². The van der Waals surface area contributed by atoms with Crippen LogP contribution in [0.1, 0.15) is 15.9 Å². The molecule has 0 saturated carbocycles. The van der Waals surface area contributed by atoms with Crippen molar-refractivity contribution in [2.24, 2.45) is 0 Å². The number of aromatic amines is 1. The minimum atomic E-state index is -0.710. The van der Waals surface area contributed by atoms with E-state index in [0.717, 1.165) is 11.3 Å². The molecule has 0 aliphatic rings. The van der Waals surface area contributed by atoms with Gasteiger partial charge in [0.25, 0.3) is 11.7 Å². The monoisotopic (exact) mass is 340 g/mol. The number of methoxy groups -OCH3 is 1. The zero-order valence-electron chi connectivity index (χ0n) is 13.6. The second-order valence-corrected chi connectivity index (χ2v) is 5.58. The third kappa shape index (κ3) is 3.68. The molecule has 1 aromatic heterocycles. The normalized spacial score (nSPS) is 10.6. The summed E-state index contributed by atoms with van der Waals surface area (Å²) in [4.78, 5) is 27.2. The van der Waals surface area contributed by atoms with E-state index in [0.29, 0.717) is 23.9 Å². The number of carbonyl (C=O) groups is 2. The molecule has 1 heterocycles. The molecule has 5 nitrogen and oxygen atoms in total. The van der Waals surface area contributed by atoms with Gasteiger partial charge in [0, 0.05) is 23.6 Å². The topological polar surface area (TPSA) is 71.2 Å². The number of ketones is 1. The minimum absolute atomic E-state index is 0.163. The summed E-state index contributed by atoms with van der Waals surface area (Å²) in [5, 5.41) is 3.00. The molecule has 0 aliphatic carbocycles. The fraction of sp³-hybridized carbons (Fsp3) is 0.158. The number of ether oxygens (including phenoxy) is 1. The molecule has 25 heavy (non-hydrogen) atoms. The minimum Gasteiger partial charge on any atom is -0.497 e. The second-order valence-electron chi connectivity index (χ2n) is 5.58. The van der Waals surface area contributed by atoms with Crippen molar-refractivity contribution in [1.29, 1.82) is 0 Å². The first-order chi connectivity index (χ1) is 12.1. The number of carbonyl (C=O) groups excluding carboxylic acids is 2. The summed E-state index contributed by atoms with van der Waals surface area (Å²) in [7, 11) is 1.59. The average molecular weight is 340 g/mol. The Morgan fingerprint density at radius 3 is 2.64 bits per heavy atom. The highest BCUT2D eigenvalue weighted by molar-refractivity contribution is 6.44. The Bertz CT molecular complexity index is 916. The molecule has 0 radical (unpaired) electrons. The summed E-state index contributed by atoms with van der Waals surface area (Å²) in [5.41, 5.74) is 1.79. The Morgan fingerprint density at radius 2 is 1.92 bits per heavy atom. The van der Waals surface area contributed by atoms with Crippen molar-refractivity contribution in [2.45, 2.75) is 6.42 Å². The lowest BCUT2D eigenvalue weighted by Gasteiger charge is -2.05. The number of benzene rings is 2. The van der Waals surface area contributed by atoms with Gasteiger partial charge in [-0.05, 0) is 42.3 Å². The van der Waals surface area contributed by atoms with Crippen molar-refractivity contribution in [3.05, 3.63) is 65.6 Å². The van der Waals surface area contributed by atoms with Crippen molar-refractivity contribution in [1.82, 2.24) is 10.3 Å². The molecule has 6 heteroatoms. The first-order valence-corrected chi connectivity index (χ1v) is 7.80. The van der Waals surface area contributed by atoms with E-state index in [-0.39, 0.29) is 5.56 Å². The maximum Gasteiger partial charge on any atom is 0.292 e. The zero-order valence-corrected chi connectivity index (χ0v) is 13.6. The third-order valence-electron chi connectivity index (χ3n) is 3.95. The Labute approximate surface area is 143 Å². The number of aromatic nitrogens is 1. The van der Waals surface area contributed by atoms with Gasteiger partial charge in [0.15, 0.2) is 0 Å². The summed E-state index contributed by atoms with van der Waals surface area (Å²) in [5.74, 6) is -1.10. The van der Waals surface area contributed by atoms with Gasteiger partial charge in [0.05, 0.1) is 12.7 Å². The van der Waals surface area contributed by atoms with E-state index in [9.17, 15) is 14.0 Å². The van der Waals surface area contributed by atoms with Gasteiger partial charge in [-0.15, -0.1) is 0 Å². The Hall–Kier alpha value is -3.15. The van der Waals surface area contributed by atoms with Crippen LogP contribution in [0.4, 0.5) is 4.39 Å². The van der Waals surface area contributed by atoms with E-state index in [2.05, 4.69) is 10.3 Å². The highest BCUT2D eigenvalue weighted by Crippen LogP contribution is 2.20. The summed E-state index contributed by atoms with van der Waals surface area (Å²) in [6, 6.07) is 11.5. The smallest absolute Gasteiger partial charge is 0.292 e. The molecule has 2 aromatic carbocycles. The van der Waals surface area contributed by atoms with Crippen LogP contribution in [0.15, 0.2) is 48.7 Å².